The lowest BCUT2D eigenvalue weighted by Gasteiger charge is -2.21. The number of esters is 1. The normalized spacial score (nSPS) is 13.5. The summed E-state index contributed by atoms with van der Waals surface area (Å²) in [5.41, 5.74) is 3.51. The Bertz CT molecular complexity index is 448. The minimum atomic E-state index is -2.51. The van der Waals surface area contributed by atoms with E-state index in [1.165, 1.54) is 0 Å². The standard InChI is InChI=1S/C14H19NO5/c15-9-5-4-8-14(19,12(16)17)13(18)20-10-11-6-2-1-3-7-11/h1-3,6-7,19H,4-5,8-10,15H2,(H,16,17). The van der Waals surface area contributed by atoms with Crippen molar-refractivity contribution in [3.05, 3.63) is 35.9 Å². The van der Waals surface area contributed by atoms with E-state index in [0.29, 0.717) is 19.4 Å². The number of hydrogen-bond donors (Lipinski definition) is 3. The summed E-state index contributed by atoms with van der Waals surface area (Å²) in [5, 5.41) is 19.0. The van der Waals surface area contributed by atoms with E-state index in [1.807, 2.05) is 6.07 Å². The van der Waals surface area contributed by atoms with Crippen LogP contribution in [-0.2, 0) is 20.9 Å². The lowest BCUT2D eigenvalue weighted by molar-refractivity contribution is -0.182. The summed E-state index contributed by atoms with van der Waals surface area (Å²) in [5.74, 6) is -2.75. The minimum Gasteiger partial charge on any atom is -0.479 e. The number of aliphatic carboxylic acids is 1. The molecule has 1 unspecified atom stereocenters. The molecule has 0 amide bonds. The molecule has 0 aliphatic heterocycles. The van der Waals surface area contributed by atoms with Gasteiger partial charge < -0.3 is 20.7 Å². The molecule has 6 nitrogen and oxygen atoms in total. The number of carbonyl (C=O) groups excluding carboxylic acids is 1. The second kappa shape index (κ2) is 7.62. The van der Waals surface area contributed by atoms with Crippen LogP contribution in [-0.4, -0.2) is 34.3 Å². The second-order valence-corrected chi connectivity index (χ2v) is 4.47. The molecule has 0 radical (unpaired) electrons. The molecule has 0 fully saturated rings. The molecule has 1 atom stereocenters. The fourth-order valence-corrected chi connectivity index (χ4v) is 1.66. The third kappa shape index (κ3) is 4.32. The van der Waals surface area contributed by atoms with Crippen molar-refractivity contribution in [2.45, 2.75) is 31.5 Å². The Labute approximate surface area is 117 Å². The van der Waals surface area contributed by atoms with E-state index in [-0.39, 0.29) is 13.0 Å². The third-order valence-corrected chi connectivity index (χ3v) is 2.90. The smallest absolute Gasteiger partial charge is 0.350 e. The largest absolute Gasteiger partial charge is 0.479 e. The van der Waals surface area contributed by atoms with E-state index in [2.05, 4.69) is 0 Å². The van der Waals surface area contributed by atoms with Gasteiger partial charge in [-0.1, -0.05) is 30.3 Å². The first-order valence-electron chi connectivity index (χ1n) is 6.37. The molecular formula is C14H19NO5. The highest BCUT2D eigenvalue weighted by molar-refractivity contribution is 6.02. The Balaban J connectivity index is 2.62. The van der Waals surface area contributed by atoms with E-state index in [9.17, 15) is 14.7 Å². The lowest BCUT2D eigenvalue weighted by Crippen LogP contribution is -2.47. The number of unbranched alkanes of at least 4 members (excludes halogenated alkanes) is 1. The fourth-order valence-electron chi connectivity index (χ4n) is 1.66. The van der Waals surface area contributed by atoms with Crippen molar-refractivity contribution >= 4 is 11.9 Å². The molecule has 110 valence electrons. The summed E-state index contributed by atoms with van der Waals surface area (Å²) in [6, 6.07) is 8.83. The Morgan fingerprint density at radius 1 is 1.20 bits per heavy atom. The van der Waals surface area contributed by atoms with Crippen molar-refractivity contribution in [1.82, 2.24) is 0 Å². The third-order valence-electron chi connectivity index (χ3n) is 2.90. The highest BCUT2D eigenvalue weighted by Gasteiger charge is 2.45. The number of hydrogen-bond acceptors (Lipinski definition) is 5. The van der Waals surface area contributed by atoms with Gasteiger partial charge in [-0.3, -0.25) is 0 Å². The molecule has 6 heteroatoms. The van der Waals surface area contributed by atoms with Gasteiger partial charge >= 0.3 is 11.9 Å². The number of ether oxygens (including phenoxy) is 1. The topological polar surface area (TPSA) is 110 Å². The average Bonchev–Trinajstić information content (AvgIpc) is 2.45. The first kappa shape index (κ1) is 16.1. The zero-order chi connectivity index (χ0) is 15.0. The maximum atomic E-state index is 11.8. The van der Waals surface area contributed by atoms with Crippen LogP contribution in [0.5, 0.6) is 0 Å². The van der Waals surface area contributed by atoms with E-state index >= 15 is 0 Å². The molecule has 4 N–H and O–H groups in total. The highest BCUT2D eigenvalue weighted by Crippen LogP contribution is 2.18. The highest BCUT2D eigenvalue weighted by atomic mass is 16.6. The van der Waals surface area contributed by atoms with E-state index in [4.69, 9.17) is 15.6 Å². The van der Waals surface area contributed by atoms with Crippen molar-refractivity contribution < 1.29 is 24.5 Å². The molecule has 0 saturated heterocycles. The number of benzene rings is 1. The summed E-state index contributed by atoms with van der Waals surface area (Å²) in [6.45, 7) is 0.293. The second-order valence-electron chi connectivity index (χ2n) is 4.47. The summed E-state index contributed by atoms with van der Waals surface area (Å²) >= 11 is 0. The van der Waals surface area contributed by atoms with Gasteiger partial charge in [-0.05, 0) is 31.4 Å². The van der Waals surface area contributed by atoms with Crippen molar-refractivity contribution in [3.8, 4) is 0 Å². The Morgan fingerprint density at radius 3 is 2.40 bits per heavy atom. The number of carboxylic acid groups (broad SMARTS) is 1. The number of rotatable bonds is 8. The van der Waals surface area contributed by atoms with Crippen LogP contribution in [0.1, 0.15) is 24.8 Å². The van der Waals surface area contributed by atoms with Crippen LogP contribution in [0.25, 0.3) is 0 Å². The van der Waals surface area contributed by atoms with Gasteiger partial charge in [-0.25, -0.2) is 9.59 Å². The number of nitrogens with two attached hydrogens (primary N) is 1. The summed E-state index contributed by atoms with van der Waals surface area (Å²) in [4.78, 5) is 22.9. The average molecular weight is 281 g/mol. The Kier molecular flexibility index (Phi) is 6.14. The van der Waals surface area contributed by atoms with Crippen molar-refractivity contribution in [3.63, 3.8) is 0 Å². The summed E-state index contributed by atoms with van der Waals surface area (Å²) in [7, 11) is 0. The molecule has 0 saturated carbocycles. The van der Waals surface area contributed by atoms with Gasteiger partial charge in [0, 0.05) is 0 Å². The van der Waals surface area contributed by atoms with Crippen LogP contribution in [0.2, 0.25) is 0 Å². The monoisotopic (exact) mass is 281 g/mol. The predicted octanol–water partition coefficient (Wildman–Crippen LogP) is 0.674. The van der Waals surface area contributed by atoms with Gasteiger partial charge in [0.1, 0.15) is 6.61 Å². The molecule has 20 heavy (non-hydrogen) atoms. The molecular weight excluding hydrogens is 262 g/mol. The van der Waals surface area contributed by atoms with Crippen molar-refractivity contribution in [2.24, 2.45) is 5.73 Å². The van der Waals surface area contributed by atoms with Gasteiger partial charge in [0.2, 0.25) is 0 Å². The van der Waals surface area contributed by atoms with Gasteiger partial charge in [0.05, 0.1) is 0 Å². The molecule has 1 aromatic rings. The van der Waals surface area contributed by atoms with Crippen molar-refractivity contribution in [2.75, 3.05) is 6.54 Å². The van der Waals surface area contributed by atoms with Gasteiger partial charge in [0.25, 0.3) is 5.60 Å². The Hall–Kier alpha value is -1.92. The van der Waals surface area contributed by atoms with Crippen LogP contribution < -0.4 is 5.73 Å². The number of aliphatic hydroxyl groups is 1. The Morgan fingerprint density at radius 2 is 1.85 bits per heavy atom. The van der Waals surface area contributed by atoms with E-state index < -0.39 is 17.5 Å². The van der Waals surface area contributed by atoms with E-state index in [1.54, 1.807) is 24.3 Å². The molecule has 0 bridgehead atoms. The van der Waals surface area contributed by atoms with Crippen LogP contribution in [0.15, 0.2) is 30.3 Å². The SMILES string of the molecule is NCCCCC(O)(C(=O)O)C(=O)OCc1ccccc1. The molecule has 0 aromatic heterocycles. The van der Waals surface area contributed by atoms with Crippen LogP contribution in [0, 0.1) is 0 Å². The maximum absolute atomic E-state index is 11.8. The first-order valence-corrected chi connectivity index (χ1v) is 6.37. The summed E-state index contributed by atoms with van der Waals surface area (Å²) < 4.78 is 4.88. The predicted molar refractivity (Wildman–Crippen MR) is 71.7 cm³/mol. The van der Waals surface area contributed by atoms with Crippen molar-refractivity contribution in [1.29, 1.82) is 0 Å². The molecule has 0 aliphatic rings. The quantitative estimate of drug-likeness (QED) is 0.367. The number of carbonyl (C=O) groups is 2. The fraction of sp³-hybridized carbons (Fsp3) is 0.429. The zero-order valence-electron chi connectivity index (χ0n) is 11.1. The molecule has 0 aliphatic carbocycles. The van der Waals surface area contributed by atoms with Gasteiger partial charge in [0.15, 0.2) is 0 Å². The van der Waals surface area contributed by atoms with Gasteiger partial charge in [-0.2, -0.15) is 0 Å². The minimum absolute atomic E-state index is 0.0772. The lowest BCUT2D eigenvalue weighted by atomic mass is 9.97. The van der Waals surface area contributed by atoms with Crippen LogP contribution in [0.4, 0.5) is 0 Å². The molecule has 0 spiro atoms. The first-order chi connectivity index (χ1) is 9.50. The molecule has 0 heterocycles. The van der Waals surface area contributed by atoms with Crippen LogP contribution in [0.3, 0.4) is 0 Å². The molecule has 1 aromatic carbocycles. The molecule has 1 rings (SSSR count). The maximum Gasteiger partial charge on any atom is 0.350 e. The summed E-state index contributed by atoms with van der Waals surface area (Å²) in [6.07, 6.45) is 0.647. The number of carboxylic acids is 1. The van der Waals surface area contributed by atoms with Gasteiger partial charge in [-0.15, -0.1) is 0 Å². The van der Waals surface area contributed by atoms with E-state index in [0.717, 1.165) is 5.56 Å². The van der Waals surface area contributed by atoms with Crippen LogP contribution >= 0.6 is 0 Å². The zero-order valence-corrected chi connectivity index (χ0v) is 11.1.